The molecule has 0 saturated carbocycles. The van der Waals surface area contributed by atoms with Gasteiger partial charge in [-0.2, -0.15) is 0 Å². The van der Waals surface area contributed by atoms with Crippen LogP contribution in [0, 0.1) is 0 Å². The quantitative estimate of drug-likeness (QED) is 0.447. The molecule has 4 nitrogen and oxygen atoms in total. The van der Waals surface area contributed by atoms with Gasteiger partial charge in [-0.15, -0.1) is 0 Å². The molecular weight excluding hydrogens is 380 g/mol. The Labute approximate surface area is 173 Å². The van der Waals surface area contributed by atoms with Crippen LogP contribution in [0.1, 0.15) is 39.5 Å². The van der Waals surface area contributed by atoms with Crippen molar-refractivity contribution in [3.05, 3.63) is 95.1 Å². The van der Waals surface area contributed by atoms with E-state index in [9.17, 15) is 4.79 Å². The van der Waals surface area contributed by atoms with Crippen LogP contribution < -0.4 is 5.32 Å². The predicted molar refractivity (Wildman–Crippen MR) is 115 cm³/mol. The molecule has 0 spiro atoms. The number of amides is 1. The van der Waals surface area contributed by atoms with Gasteiger partial charge in [0.2, 0.25) is 0 Å². The molecule has 144 valence electrons. The number of carbonyl (C=O) groups excluding carboxylic acids is 1. The molecular formula is C24H20N2O2S. The molecule has 29 heavy (non-hydrogen) atoms. The number of nitrogens with one attached hydrogen (secondary N) is 1. The molecule has 3 aromatic carbocycles. The Balaban J connectivity index is 1.32. The fraction of sp³-hybridized carbons (Fsp3) is 0.167. The van der Waals surface area contributed by atoms with Gasteiger partial charge in [-0.25, -0.2) is 4.98 Å². The topological polar surface area (TPSA) is 55.1 Å². The van der Waals surface area contributed by atoms with Gasteiger partial charge >= 0.3 is 0 Å². The second-order valence-corrected chi connectivity index (χ2v) is 8.08. The molecule has 5 heteroatoms. The standard InChI is InChI=1S/C24H20N2O2S/c27-23(25-20-14-13-16-7-1-3-9-18(16)20)19-10-4-2-8-17(19)15-29-24-26-21-11-5-6-12-22(21)28-24/h1-12,20H,13-15H2,(H,25,27)/t20-/m1/s1. The Morgan fingerprint density at radius 2 is 1.83 bits per heavy atom. The summed E-state index contributed by atoms with van der Waals surface area (Å²) in [5.41, 5.74) is 5.88. The number of nitrogens with zero attached hydrogens (tertiary/aromatic N) is 1. The van der Waals surface area contributed by atoms with Crippen LogP contribution in [0.4, 0.5) is 0 Å². The first-order valence-corrected chi connectivity index (χ1v) is 10.7. The molecule has 1 aliphatic carbocycles. The minimum Gasteiger partial charge on any atom is -0.431 e. The van der Waals surface area contributed by atoms with E-state index in [0.717, 1.165) is 29.5 Å². The van der Waals surface area contributed by atoms with Crippen molar-refractivity contribution < 1.29 is 9.21 Å². The molecule has 5 rings (SSSR count). The lowest BCUT2D eigenvalue weighted by Crippen LogP contribution is -2.27. The summed E-state index contributed by atoms with van der Waals surface area (Å²) in [5, 5.41) is 3.84. The highest BCUT2D eigenvalue weighted by Crippen LogP contribution is 2.32. The molecule has 0 unspecified atom stereocenters. The van der Waals surface area contributed by atoms with E-state index in [-0.39, 0.29) is 11.9 Å². The largest absolute Gasteiger partial charge is 0.431 e. The number of aromatic nitrogens is 1. The van der Waals surface area contributed by atoms with Gasteiger partial charge in [0.15, 0.2) is 5.58 Å². The van der Waals surface area contributed by atoms with Crippen molar-refractivity contribution in [3.8, 4) is 0 Å². The molecule has 1 N–H and O–H groups in total. The minimum absolute atomic E-state index is 0.0273. The third-order valence-corrected chi connectivity index (χ3v) is 6.20. The van der Waals surface area contributed by atoms with Gasteiger partial charge in [0.05, 0.1) is 6.04 Å². The van der Waals surface area contributed by atoms with E-state index >= 15 is 0 Å². The van der Waals surface area contributed by atoms with Crippen LogP contribution in [0.25, 0.3) is 11.1 Å². The lowest BCUT2D eigenvalue weighted by atomic mass is 10.1. The van der Waals surface area contributed by atoms with Crippen LogP contribution in [0.15, 0.2) is 82.4 Å². The van der Waals surface area contributed by atoms with Crippen molar-refractivity contribution in [2.45, 2.75) is 29.9 Å². The number of thioether (sulfide) groups is 1. The maximum absolute atomic E-state index is 13.0. The summed E-state index contributed by atoms with van der Waals surface area (Å²) in [5.74, 6) is 0.595. The number of carbonyl (C=O) groups is 1. The van der Waals surface area contributed by atoms with Crippen LogP contribution >= 0.6 is 11.8 Å². The third-order valence-electron chi connectivity index (χ3n) is 5.33. The molecule has 0 bridgehead atoms. The van der Waals surface area contributed by atoms with Gasteiger partial charge < -0.3 is 9.73 Å². The fourth-order valence-corrected chi connectivity index (χ4v) is 4.71. The SMILES string of the molecule is O=C(N[C@@H]1CCc2ccccc21)c1ccccc1CSc1nc2ccccc2o1. The van der Waals surface area contributed by atoms with E-state index < -0.39 is 0 Å². The zero-order chi connectivity index (χ0) is 19.6. The van der Waals surface area contributed by atoms with Crippen LogP contribution in [0.2, 0.25) is 0 Å². The lowest BCUT2D eigenvalue weighted by Gasteiger charge is -2.16. The summed E-state index contributed by atoms with van der Waals surface area (Å²) in [6.45, 7) is 0. The highest BCUT2D eigenvalue weighted by molar-refractivity contribution is 7.98. The summed E-state index contributed by atoms with van der Waals surface area (Å²) >= 11 is 1.50. The zero-order valence-corrected chi connectivity index (χ0v) is 16.6. The van der Waals surface area contributed by atoms with Crippen molar-refractivity contribution in [1.29, 1.82) is 0 Å². The van der Waals surface area contributed by atoms with Gasteiger partial charge in [0.25, 0.3) is 11.1 Å². The van der Waals surface area contributed by atoms with E-state index in [2.05, 4.69) is 28.5 Å². The average molecular weight is 401 g/mol. The third kappa shape index (κ3) is 3.66. The number of hydrogen-bond donors (Lipinski definition) is 1. The van der Waals surface area contributed by atoms with Gasteiger partial charge in [0, 0.05) is 11.3 Å². The summed E-state index contributed by atoms with van der Waals surface area (Å²) in [4.78, 5) is 17.5. The van der Waals surface area contributed by atoms with Gasteiger partial charge in [-0.1, -0.05) is 66.4 Å². The minimum atomic E-state index is -0.0273. The number of aryl methyl sites for hydroxylation is 1. The van der Waals surface area contributed by atoms with Crippen molar-refractivity contribution >= 4 is 28.8 Å². The lowest BCUT2D eigenvalue weighted by molar-refractivity contribution is 0.0936. The molecule has 0 radical (unpaired) electrons. The second-order valence-electron chi connectivity index (χ2n) is 7.16. The molecule has 0 aliphatic heterocycles. The van der Waals surface area contributed by atoms with Crippen molar-refractivity contribution in [1.82, 2.24) is 10.3 Å². The van der Waals surface area contributed by atoms with Crippen LogP contribution in [-0.2, 0) is 12.2 Å². The Kier molecular flexibility index (Phi) is 4.82. The Hall–Kier alpha value is -3.05. The first-order chi connectivity index (χ1) is 14.3. The summed E-state index contributed by atoms with van der Waals surface area (Å²) < 4.78 is 5.79. The van der Waals surface area contributed by atoms with Crippen LogP contribution in [0.5, 0.6) is 0 Å². The van der Waals surface area contributed by atoms with Gasteiger partial charge in [-0.05, 0) is 47.7 Å². The smallest absolute Gasteiger partial charge is 0.257 e. The molecule has 0 saturated heterocycles. The van der Waals surface area contributed by atoms with E-state index in [1.54, 1.807) is 0 Å². The first kappa shape index (κ1) is 18.0. The number of rotatable bonds is 5. The Morgan fingerprint density at radius 3 is 2.76 bits per heavy atom. The summed E-state index contributed by atoms with van der Waals surface area (Å²) in [7, 11) is 0. The molecule has 1 aliphatic rings. The second kappa shape index (κ2) is 7.76. The van der Waals surface area contributed by atoms with E-state index in [0.29, 0.717) is 16.5 Å². The normalized spacial score (nSPS) is 15.4. The Morgan fingerprint density at radius 1 is 1.03 bits per heavy atom. The summed E-state index contributed by atoms with van der Waals surface area (Å²) in [6, 6.07) is 23.9. The van der Waals surface area contributed by atoms with Crippen LogP contribution in [0.3, 0.4) is 0 Å². The highest BCUT2D eigenvalue weighted by Gasteiger charge is 2.24. The maximum Gasteiger partial charge on any atom is 0.257 e. The van der Waals surface area contributed by atoms with Crippen molar-refractivity contribution in [2.24, 2.45) is 0 Å². The van der Waals surface area contributed by atoms with Crippen LogP contribution in [-0.4, -0.2) is 10.9 Å². The number of benzene rings is 3. The Bertz CT molecular complexity index is 1150. The van der Waals surface area contributed by atoms with Crippen molar-refractivity contribution in [3.63, 3.8) is 0 Å². The fourth-order valence-electron chi connectivity index (χ4n) is 3.86. The molecule has 1 aromatic heterocycles. The van der Waals surface area contributed by atoms with Gasteiger partial charge in [-0.3, -0.25) is 4.79 Å². The molecule has 0 fully saturated rings. The number of oxazole rings is 1. The van der Waals surface area contributed by atoms with E-state index in [4.69, 9.17) is 4.42 Å². The number of fused-ring (bicyclic) bond motifs is 2. The van der Waals surface area contributed by atoms with Gasteiger partial charge in [0.1, 0.15) is 5.52 Å². The average Bonchev–Trinajstić information content (AvgIpc) is 3.36. The maximum atomic E-state index is 13.0. The monoisotopic (exact) mass is 400 g/mol. The predicted octanol–water partition coefficient (Wildman–Crippen LogP) is 5.54. The molecule has 1 heterocycles. The number of hydrogen-bond acceptors (Lipinski definition) is 4. The highest BCUT2D eigenvalue weighted by atomic mass is 32.2. The number of para-hydroxylation sites is 2. The first-order valence-electron chi connectivity index (χ1n) is 9.73. The van der Waals surface area contributed by atoms with E-state index in [1.807, 2.05) is 54.6 Å². The summed E-state index contributed by atoms with van der Waals surface area (Å²) in [6.07, 6.45) is 1.96. The van der Waals surface area contributed by atoms with Crippen molar-refractivity contribution in [2.75, 3.05) is 0 Å². The molecule has 1 atom stereocenters. The van der Waals surface area contributed by atoms with E-state index in [1.165, 1.54) is 22.9 Å². The molecule has 1 amide bonds. The zero-order valence-electron chi connectivity index (χ0n) is 15.8. The molecule has 4 aromatic rings.